The molecule has 4 heteroatoms. The quantitative estimate of drug-likeness (QED) is 0.832. The summed E-state index contributed by atoms with van der Waals surface area (Å²) in [6.07, 6.45) is 0. The number of fused-ring (bicyclic) bond motifs is 1. The van der Waals surface area contributed by atoms with Crippen LogP contribution in [0.3, 0.4) is 0 Å². The molecule has 3 nitrogen and oxygen atoms in total. The van der Waals surface area contributed by atoms with E-state index in [0.717, 1.165) is 5.39 Å². The normalized spacial score (nSPS) is 10.5. The Kier molecular flexibility index (Phi) is 3.20. The Morgan fingerprint density at radius 2 is 2.12 bits per heavy atom. The third-order valence-corrected chi connectivity index (χ3v) is 2.77. The van der Waals surface area contributed by atoms with Crippen LogP contribution in [0.2, 0.25) is 5.02 Å². The predicted molar refractivity (Wildman–Crippen MR) is 66.6 cm³/mol. The Bertz CT molecular complexity index is 578. The highest BCUT2D eigenvalue weighted by atomic mass is 35.5. The van der Waals surface area contributed by atoms with Gasteiger partial charge in [-0.25, -0.2) is 4.79 Å². The summed E-state index contributed by atoms with van der Waals surface area (Å²) >= 11 is 5.99. The molecule has 0 aliphatic carbocycles. The molecule has 2 aromatic carbocycles. The minimum absolute atomic E-state index is 0.0213. The van der Waals surface area contributed by atoms with Crippen molar-refractivity contribution >= 4 is 28.3 Å². The zero-order valence-electron chi connectivity index (χ0n) is 9.24. The van der Waals surface area contributed by atoms with Crippen molar-refractivity contribution in [3.05, 3.63) is 40.9 Å². The molecule has 0 saturated heterocycles. The molecule has 0 aromatic heterocycles. The van der Waals surface area contributed by atoms with Crippen LogP contribution in [0.15, 0.2) is 30.3 Å². The van der Waals surface area contributed by atoms with Crippen molar-refractivity contribution in [2.45, 2.75) is 6.92 Å². The number of rotatable bonds is 2. The third-order valence-electron chi connectivity index (χ3n) is 2.45. The van der Waals surface area contributed by atoms with Gasteiger partial charge in [0.2, 0.25) is 0 Å². The van der Waals surface area contributed by atoms with Crippen LogP contribution in [-0.2, 0) is 4.74 Å². The Hall–Kier alpha value is -1.74. The molecule has 0 fully saturated rings. The molecule has 0 amide bonds. The number of carbonyl (C=O) groups excluding carboxylic acids is 1. The highest BCUT2D eigenvalue weighted by Crippen LogP contribution is 2.32. The van der Waals surface area contributed by atoms with E-state index in [1.54, 1.807) is 31.2 Å². The molecule has 0 unspecified atom stereocenters. The fourth-order valence-electron chi connectivity index (χ4n) is 1.74. The van der Waals surface area contributed by atoms with Crippen LogP contribution >= 0.6 is 11.6 Å². The maximum atomic E-state index is 11.8. The van der Waals surface area contributed by atoms with Gasteiger partial charge in [-0.1, -0.05) is 29.8 Å². The van der Waals surface area contributed by atoms with Crippen LogP contribution < -0.4 is 0 Å². The lowest BCUT2D eigenvalue weighted by Crippen LogP contribution is -2.06. The lowest BCUT2D eigenvalue weighted by Gasteiger charge is -2.09. The first-order valence-electron chi connectivity index (χ1n) is 5.22. The lowest BCUT2D eigenvalue weighted by molar-refractivity contribution is 0.0528. The first-order valence-corrected chi connectivity index (χ1v) is 5.60. The molecule has 0 spiro atoms. The van der Waals surface area contributed by atoms with E-state index in [2.05, 4.69) is 0 Å². The summed E-state index contributed by atoms with van der Waals surface area (Å²) in [7, 11) is 0. The van der Waals surface area contributed by atoms with Crippen molar-refractivity contribution < 1.29 is 14.6 Å². The number of carbonyl (C=O) groups is 1. The average Bonchev–Trinajstić information content (AvgIpc) is 2.30. The number of ether oxygens (including phenoxy) is 1. The number of phenols is 1. The summed E-state index contributed by atoms with van der Waals surface area (Å²) in [6, 6.07) is 8.39. The van der Waals surface area contributed by atoms with Gasteiger partial charge in [0, 0.05) is 5.39 Å². The average molecular weight is 251 g/mol. The molecule has 0 aliphatic rings. The van der Waals surface area contributed by atoms with Crippen molar-refractivity contribution in [3.63, 3.8) is 0 Å². The Morgan fingerprint density at radius 1 is 1.35 bits per heavy atom. The number of benzene rings is 2. The number of aromatic hydroxyl groups is 1. The van der Waals surface area contributed by atoms with E-state index in [0.29, 0.717) is 5.39 Å². The Labute approximate surface area is 104 Å². The van der Waals surface area contributed by atoms with E-state index >= 15 is 0 Å². The topological polar surface area (TPSA) is 46.5 Å². The van der Waals surface area contributed by atoms with E-state index < -0.39 is 5.97 Å². The fourth-order valence-corrected chi connectivity index (χ4v) is 1.97. The summed E-state index contributed by atoms with van der Waals surface area (Å²) in [5, 5.41) is 11.3. The van der Waals surface area contributed by atoms with Gasteiger partial charge in [0.05, 0.1) is 17.2 Å². The number of hydrogen-bond donors (Lipinski definition) is 1. The fraction of sp³-hybridized carbons (Fsp3) is 0.154. The van der Waals surface area contributed by atoms with Crippen LogP contribution in [0.4, 0.5) is 0 Å². The predicted octanol–water partition coefficient (Wildman–Crippen LogP) is 3.38. The van der Waals surface area contributed by atoms with Crippen molar-refractivity contribution in [1.82, 2.24) is 0 Å². The zero-order valence-corrected chi connectivity index (χ0v) is 9.99. The van der Waals surface area contributed by atoms with Gasteiger partial charge < -0.3 is 9.84 Å². The molecule has 2 rings (SSSR count). The second-order valence-corrected chi connectivity index (χ2v) is 3.93. The number of esters is 1. The number of phenolic OH excluding ortho intramolecular Hbond substituents is 1. The van der Waals surface area contributed by atoms with Crippen molar-refractivity contribution in [1.29, 1.82) is 0 Å². The molecule has 1 N–H and O–H groups in total. The van der Waals surface area contributed by atoms with Gasteiger partial charge in [0.15, 0.2) is 0 Å². The minimum Gasteiger partial charge on any atom is -0.507 e. The Morgan fingerprint density at radius 3 is 2.82 bits per heavy atom. The summed E-state index contributed by atoms with van der Waals surface area (Å²) < 4.78 is 4.94. The molecule has 88 valence electrons. The smallest absolute Gasteiger partial charge is 0.340 e. The van der Waals surface area contributed by atoms with E-state index in [4.69, 9.17) is 16.3 Å². The van der Waals surface area contributed by atoms with Gasteiger partial charge in [-0.05, 0) is 24.4 Å². The van der Waals surface area contributed by atoms with Gasteiger partial charge in [0.1, 0.15) is 5.75 Å². The molecular weight excluding hydrogens is 240 g/mol. The zero-order chi connectivity index (χ0) is 12.4. The van der Waals surface area contributed by atoms with Crippen LogP contribution in [-0.4, -0.2) is 17.7 Å². The molecule has 17 heavy (non-hydrogen) atoms. The third kappa shape index (κ3) is 2.06. The molecule has 0 saturated carbocycles. The molecule has 0 bridgehead atoms. The molecule has 0 heterocycles. The monoisotopic (exact) mass is 250 g/mol. The van der Waals surface area contributed by atoms with Gasteiger partial charge >= 0.3 is 5.97 Å². The van der Waals surface area contributed by atoms with Crippen molar-refractivity contribution in [2.75, 3.05) is 6.61 Å². The van der Waals surface area contributed by atoms with Crippen molar-refractivity contribution in [3.8, 4) is 5.75 Å². The molecule has 0 aliphatic heterocycles. The summed E-state index contributed by atoms with van der Waals surface area (Å²) in [4.78, 5) is 11.8. The van der Waals surface area contributed by atoms with E-state index in [1.165, 1.54) is 6.07 Å². The minimum atomic E-state index is -0.524. The molecule has 0 atom stereocenters. The molecule has 2 aromatic rings. The van der Waals surface area contributed by atoms with Gasteiger partial charge in [-0.3, -0.25) is 0 Å². The van der Waals surface area contributed by atoms with Crippen LogP contribution in [0.25, 0.3) is 10.8 Å². The number of halogens is 1. The van der Waals surface area contributed by atoms with E-state index in [-0.39, 0.29) is 22.9 Å². The molecular formula is C13H11ClO3. The molecule has 0 radical (unpaired) electrons. The van der Waals surface area contributed by atoms with Gasteiger partial charge in [0.25, 0.3) is 0 Å². The maximum Gasteiger partial charge on any atom is 0.340 e. The largest absolute Gasteiger partial charge is 0.507 e. The standard InChI is InChI=1S/C13H11ClO3/c1-2-17-13(16)12-9(14)7-6-8-4-3-5-10(15)11(8)12/h3-7,15H,2H2,1H3. The van der Waals surface area contributed by atoms with E-state index in [1.807, 2.05) is 0 Å². The summed E-state index contributed by atoms with van der Waals surface area (Å²) in [6.45, 7) is 1.98. The van der Waals surface area contributed by atoms with Crippen molar-refractivity contribution in [2.24, 2.45) is 0 Å². The van der Waals surface area contributed by atoms with Crippen LogP contribution in [0.5, 0.6) is 5.75 Å². The first kappa shape index (κ1) is 11.7. The second-order valence-electron chi connectivity index (χ2n) is 3.52. The summed E-state index contributed by atoms with van der Waals surface area (Å²) in [5.41, 5.74) is 0.212. The van der Waals surface area contributed by atoms with Crippen LogP contribution in [0.1, 0.15) is 17.3 Å². The second kappa shape index (κ2) is 4.63. The maximum absolute atomic E-state index is 11.8. The lowest BCUT2D eigenvalue weighted by atomic mass is 10.0. The van der Waals surface area contributed by atoms with Crippen LogP contribution in [0, 0.1) is 0 Å². The Balaban J connectivity index is 2.75. The summed E-state index contributed by atoms with van der Waals surface area (Å²) in [5.74, 6) is -0.502. The SMILES string of the molecule is CCOC(=O)c1c(Cl)ccc2cccc(O)c12. The number of hydrogen-bond acceptors (Lipinski definition) is 3. The van der Waals surface area contributed by atoms with Gasteiger partial charge in [-0.15, -0.1) is 0 Å². The van der Waals surface area contributed by atoms with Gasteiger partial charge in [-0.2, -0.15) is 0 Å². The highest BCUT2D eigenvalue weighted by Gasteiger charge is 2.17. The highest BCUT2D eigenvalue weighted by molar-refractivity contribution is 6.35. The first-order chi connectivity index (χ1) is 8.15. The van der Waals surface area contributed by atoms with E-state index in [9.17, 15) is 9.90 Å².